The lowest BCUT2D eigenvalue weighted by Crippen LogP contribution is -2.35. The molecule has 2 saturated carbocycles. The number of fused-ring (bicyclic) bond motifs is 2. The molecular weight excluding hydrogens is 306 g/mol. The summed E-state index contributed by atoms with van der Waals surface area (Å²) in [4.78, 5) is 12.8. The van der Waals surface area contributed by atoms with Gasteiger partial charge >= 0.3 is 0 Å². The average molecular weight is 323 g/mol. The van der Waals surface area contributed by atoms with E-state index in [0.717, 1.165) is 0 Å². The summed E-state index contributed by atoms with van der Waals surface area (Å²) in [6.45, 7) is -0.133. The Morgan fingerprint density at radius 3 is 2.86 bits per heavy atom. The molecular formula is C13H17N5O3S. The molecule has 3 unspecified atom stereocenters. The Morgan fingerprint density at radius 1 is 1.45 bits per heavy atom. The van der Waals surface area contributed by atoms with E-state index in [0.29, 0.717) is 28.6 Å². The quantitative estimate of drug-likeness (QED) is 0.435. The Morgan fingerprint density at radius 2 is 2.23 bits per heavy atom. The van der Waals surface area contributed by atoms with Crippen LogP contribution in [0.2, 0.25) is 0 Å². The third kappa shape index (κ3) is 1.62. The second kappa shape index (κ2) is 4.54. The van der Waals surface area contributed by atoms with Crippen LogP contribution in [-0.4, -0.2) is 59.9 Å². The van der Waals surface area contributed by atoms with Crippen molar-refractivity contribution in [2.75, 3.05) is 18.6 Å². The molecule has 0 aliphatic heterocycles. The molecule has 0 spiro atoms. The highest BCUT2D eigenvalue weighted by atomic mass is 32.2. The molecule has 0 aromatic carbocycles. The first-order valence-electron chi connectivity index (χ1n) is 7.04. The van der Waals surface area contributed by atoms with Crippen LogP contribution >= 0.6 is 11.8 Å². The van der Waals surface area contributed by atoms with Gasteiger partial charge in [0.05, 0.1) is 25.1 Å². The van der Waals surface area contributed by atoms with Gasteiger partial charge in [-0.2, -0.15) is 0 Å². The summed E-state index contributed by atoms with van der Waals surface area (Å²) in [5.41, 5.74) is 6.35. The molecule has 2 aromatic heterocycles. The van der Waals surface area contributed by atoms with Crippen LogP contribution in [0.3, 0.4) is 0 Å². The third-order valence-electron chi connectivity index (χ3n) is 5.08. The summed E-state index contributed by atoms with van der Waals surface area (Å²) in [5, 5.41) is 30.7. The van der Waals surface area contributed by atoms with Crippen molar-refractivity contribution in [3.8, 4) is 0 Å². The van der Waals surface area contributed by atoms with Crippen molar-refractivity contribution in [1.29, 1.82) is 0 Å². The van der Waals surface area contributed by atoms with Gasteiger partial charge in [-0.15, -0.1) is 0 Å². The van der Waals surface area contributed by atoms with Gasteiger partial charge in [-0.05, 0) is 18.6 Å². The number of imidazole rings is 1. The Labute approximate surface area is 130 Å². The van der Waals surface area contributed by atoms with Gasteiger partial charge in [0.15, 0.2) is 16.6 Å². The van der Waals surface area contributed by atoms with E-state index < -0.39 is 17.6 Å². The fourth-order valence-corrected chi connectivity index (χ4v) is 4.14. The van der Waals surface area contributed by atoms with Gasteiger partial charge in [0.2, 0.25) is 0 Å². The zero-order chi connectivity index (χ0) is 15.6. The van der Waals surface area contributed by atoms with Gasteiger partial charge in [0, 0.05) is 5.41 Å². The van der Waals surface area contributed by atoms with E-state index in [9.17, 15) is 15.3 Å². The summed E-state index contributed by atoms with van der Waals surface area (Å²) in [7, 11) is 0. The molecule has 0 amide bonds. The van der Waals surface area contributed by atoms with Crippen LogP contribution in [0.15, 0.2) is 11.5 Å². The summed E-state index contributed by atoms with van der Waals surface area (Å²) >= 11 is 1.37. The van der Waals surface area contributed by atoms with E-state index >= 15 is 0 Å². The molecule has 2 aliphatic carbocycles. The maximum Gasteiger partial charge on any atom is 0.191 e. The lowest BCUT2D eigenvalue weighted by atomic mass is 10.0. The second-order valence-electron chi connectivity index (χ2n) is 6.05. The number of hydrogen-bond donors (Lipinski definition) is 4. The maximum atomic E-state index is 10.4. The van der Waals surface area contributed by atoms with Gasteiger partial charge in [-0.3, -0.25) is 0 Å². The molecule has 2 aromatic rings. The standard InChI is InChI=1S/C13H17N5O3S/c1-22-12-16-10(14)6-11(17-12)18(4-15-6)7-5-2-13(5,3-19)9(21)8(7)20/h4-5,7-9,19-21H,2-3H2,1H3,(H2,14,16,17)/t5-,7?,8?,9?,13+/m1/s1. The average Bonchev–Trinajstić information content (AvgIpc) is 3.03. The number of anilines is 1. The zero-order valence-corrected chi connectivity index (χ0v) is 12.7. The normalized spacial score (nSPS) is 36.7. The Bertz CT molecular complexity index is 753. The first kappa shape index (κ1) is 14.2. The highest BCUT2D eigenvalue weighted by molar-refractivity contribution is 7.98. The van der Waals surface area contributed by atoms with E-state index in [1.54, 1.807) is 10.9 Å². The highest BCUT2D eigenvalue weighted by Crippen LogP contribution is 2.67. The number of nitrogens with zero attached hydrogens (tertiary/aromatic N) is 4. The summed E-state index contributed by atoms with van der Waals surface area (Å²) in [6, 6.07) is -0.365. The molecule has 4 rings (SSSR count). The highest BCUT2D eigenvalue weighted by Gasteiger charge is 2.71. The van der Waals surface area contributed by atoms with Crippen molar-refractivity contribution in [3.63, 3.8) is 0 Å². The fraction of sp³-hybridized carbons (Fsp3) is 0.615. The van der Waals surface area contributed by atoms with Gasteiger partial charge < -0.3 is 25.6 Å². The van der Waals surface area contributed by atoms with Crippen LogP contribution in [0.5, 0.6) is 0 Å². The minimum atomic E-state index is -0.961. The fourth-order valence-electron chi connectivity index (χ4n) is 3.78. The van der Waals surface area contributed by atoms with E-state index in [1.165, 1.54) is 11.8 Å². The molecule has 22 heavy (non-hydrogen) atoms. The van der Waals surface area contributed by atoms with Gasteiger partial charge in [0.1, 0.15) is 11.6 Å². The first-order valence-corrected chi connectivity index (χ1v) is 8.27. The van der Waals surface area contributed by atoms with Gasteiger partial charge in [-0.1, -0.05) is 11.8 Å². The van der Waals surface area contributed by atoms with Crippen LogP contribution in [0.4, 0.5) is 5.82 Å². The van der Waals surface area contributed by atoms with Crippen molar-refractivity contribution in [1.82, 2.24) is 19.5 Å². The van der Waals surface area contributed by atoms with Crippen molar-refractivity contribution >= 4 is 28.7 Å². The van der Waals surface area contributed by atoms with E-state index in [4.69, 9.17) is 5.73 Å². The van der Waals surface area contributed by atoms with Crippen LogP contribution in [0.25, 0.3) is 11.2 Å². The number of aliphatic hydroxyl groups excluding tert-OH is 3. The molecule has 5 atom stereocenters. The first-order chi connectivity index (χ1) is 10.5. The number of thioether (sulfide) groups is 1. The largest absolute Gasteiger partial charge is 0.396 e. The lowest BCUT2D eigenvalue weighted by Gasteiger charge is -2.23. The number of aliphatic hydroxyl groups is 3. The van der Waals surface area contributed by atoms with Gasteiger partial charge in [0.25, 0.3) is 0 Å². The molecule has 2 aliphatic rings. The van der Waals surface area contributed by atoms with Crippen molar-refractivity contribution in [2.24, 2.45) is 11.3 Å². The van der Waals surface area contributed by atoms with Crippen molar-refractivity contribution < 1.29 is 15.3 Å². The Kier molecular flexibility index (Phi) is 2.93. The number of aromatic nitrogens is 4. The molecule has 0 radical (unpaired) electrons. The van der Waals surface area contributed by atoms with E-state index in [2.05, 4.69) is 15.0 Å². The van der Waals surface area contributed by atoms with Gasteiger partial charge in [-0.25, -0.2) is 15.0 Å². The summed E-state index contributed by atoms with van der Waals surface area (Å²) in [5.74, 6) is 0.305. The lowest BCUT2D eigenvalue weighted by molar-refractivity contribution is -0.0300. The van der Waals surface area contributed by atoms with Crippen LogP contribution < -0.4 is 5.73 Å². The number of nitrogen functional groups attached to an aromatic ring is 1. The molecule has 2 heterocycles. The SMILES string of the molecule is CSc1nc(N)c2ncn(C3C(O)C(O)[C@]4(CO)C[C@H]34)c2n1. The number of rotatable bonds is 3. The van der Waals surface area contributed by atoms with Crippen molar-refractivity contribution in [3.05, 3.63) is 6.33 Å². The molecule has 5 N–H and O–H groups in total. The smallest absolute Gasteiger partial charge is 0.191 e. The molecule has 8 nitrogen and oxygen atoms in total. The predicted octanol–water partition coefficient (Wildman–Crippen LogP) is -0.595. The van der Waals surface area contributed by atoms with E-state index in [1.807, 2.05) is 6.26 Å². The third-order valence-corrected chi connectivity index (χ3v) is 5.63. The Hall–Kier alpha value is -1.42. The van der Waals surface area contributed by atoms with Crippen molar-refractivity contribution in [2.45, 2.75) is 29.8 Å². The minimum absolute atomic E-state index is 0.00817. The predicted molar refractivity (Wildman–Crippen MR) is 80.2 cm³/mol. The number of nitrogens with two attached hydrogens (primary N) is 1. The van der Waals surface area contributed by atoms with Crippen LogP contribution in [0, 0.1) is 11.3 Å². The maximum absolute atomic E-state index is 10.4. The second-order valence-corrected chi connectivity index (χ2v) is 6.82. The molecule has 118 valence electrons. The van der Waals surface area contributed by atoms with E-state index in [-0.39, 0.29) is 18.6 Å². The molecule has 2 fully saturated rings. The van der Waals surface area contributed by atoms with Crippen LogP contribution in [-0.2, 0) is 0 Å². The molecule has 9 heteroatoms. The Balaban J connectivity index is 1.84. The number of hydrogen-bond acceptors (Lipinski definition) is 8. The monoisotopic (exact) mass is 323 g/mol. The van der Waals surface area contributed by atoms with Crippen LogP contribution in [0.1, 0.15) is 12.5 Å². The topological polar surface area (TPSA) is 130 Å². The summed E-state index contributed by atoms with van der Waals surface area (Å²) < 4.78 is 1.76. The minimum Gasteiger partial charge on any atom is -0.396 e. The molecule has 0 saturated heterocycles. The molecule has 0 bridgehead atoms. The zero-order valence-electron chi connectivity index (χ0n) is 11.9. The summed E-state index contributed by atoms with van der Waals surface area (Å²) in [6.07, 6.45) is 2.21.